The number of aryl methyl sites for hydroxylation is 1. The number of imide groups is 1. The number of rotatable bonds is 7. The van der Waals surface area contributed by atoms with Crippen molar-refractivity contribution in [1.29, 1.82) is 0 Å². The summed E-state index contributed by atoms with van der Waals surface area (Å²) in [5, 5.41) is 4.23. The normalized spacial score (nSPS) is 14.8. The van der Waals surface area contributed by atoms with Gasteiger partial charge in [0.2, 0.25) is 5.91 Å². The van der Waals surface area contributed by atoms with Crippen LogP contribution in [0.3, 0.4) is 0 Å². The van der Waals surface area contributed by atoms with Crippen LogP contribution in [0.15, 0.2) is 65.6 Å². The number of nitrogens with one attached hydrogen (secondary N) is 1. The number of hydrogen-bond donors (Lipinski definition) is 1. The molecular weight excluding hydrogens is 436 g/mol. The van der Waals surface area contributed by atoms with E-state index < -0.39 is 17.1 Å². The summed E-state index contributed by atoms with van der Waals surface area (Å²) in [6, 6.07) is 19.0. The van der Waals surface area contributed by atoms with Gasteiger partial charge in [-0.2, -0.15) is 0 Å². The Morgan fingerprint density at radius 2 is 1.82 bits per heavy atom. The van der Waals surface area contributed by atoms with Crippen LogP contribution in [0.25, 0.3) is 16.8 Å². The summed E-state index contributed by atoms with van der Waals surface area (Å²) in [4.78, 5) is 39.4. The van der Waals surface area contributed by atoms with Crippen LogP contribution in [-0.2, 0) is 9.59 Å². The summed E-state index contributed by atoms with van der Waals surface area (Å²) in [5.41, 5.74) is 2.30. The number of thioether (sulfide) groups is 1. The number of nitrogens with zero attached hydrogens (tertiary/aromatic N) is 1. The van der Waals surface area contributed by atoms with Gasteiger partial charge in [0.1, 0.15) is 12.3 Å². The van der Waals surface area contributed by atoms with Gasteiger partial charge in [0.15, 0.2) is 0 Å². The van der Waals surface area contributed by atoms with Crippen LogP contribution in [0.1, 0.15) is 24.5 Å². The molecule has 0 bridgehead atoms. The van der Waals surface area contributed by atoms with Crippen molar-refractivity contribution >= 4 is 51.4 Å². The van der Waals surface area contributed by atoms with Crippen molar-refractivity contribution in [2.45, 2.75) is 20.3 Å². The molecule has 3 amide bonds. The fourth-order valence-corrected chi connectivity index (χ4v) is 4.40. The summed E-state index contributed by atoms with van der Waals surface area (Å²) >= 11 is 0.832. The Kier molecular flexibility index (Phi) is 6.79. The zero-order valence-corrected chi connectivity index (χ0v) is 19.3. The lowest BCUT2D eigenvalue weighted by atomic mass is 10.0. The number of benzene rings is 3. The summed E-state index contributed by atoms with van der Waals surface area (Å²) in [7, 11) is 0. The molecule has 0 spiro atoms. The molecule has 0 radical (unpaired) electrons. The average Bonchev–Trinajstić information content (AvgIpc) is 3.07. The molecule has 1 saturated heterocycles. The monoisotopic (exact) mass is 460 g/mol. The van der Waals surface area contributed by atoms with Gasteiger partial charge in [-0.15, -0.1) is 0 Å². The molecule has 6 nitrogen and oxygen atoms in total. The third-order valence-electron chi connectivity index (χ3n) is 5.26. The van der Waals surface area contributed by atoms with E-state index in [4.69, 9.17) is 4.74 Å². The second-order valence-electron chi connectivity index (χ2n) is 7.68. The molecule has 1 aliphatic heterocycles. The maximum absolute atomic E-state index is 13.0. The van der Waals surface area contributed by atoms with Crippen LogP contribution < -0.4 is 10.1 Å². The van der Waals surface area contributed by atoms with E-state index in [2.05, 4.69) is 5.32 Å². The zero-order chi connectivity index (χ0) is 23.4. The molecule has 4 rings (SSSR count). The minimum absolute atomic E-state index is 0.265. The molecule has 0 saturated carbocycles. The molecule has 33 heavy (non-hydrogen) atoms. The highest BCUT2D eigenvalue weighted by atomic mass is 32.2. The van der Waals surface area contributed by atoms with Crippen molar-refractivity contribution in [3.8, 4) is 5.75 Å². The minimum atomic E-state index is -0.487. The predicted octanol–water partition coefficient (Wildman–Crippen LogP) is 5.61. The summed E-state index contributed by atoms with van der Waals surface area (Å²) < 4.78 is 5.91. The Bertz CT molecular complexity index is 1270. The molecule has 0 unspecified atom stereocenters. The van der Waals surface area contributed by atoms with Crippen molar-refractivity contribution in [3.63, 3.8) is 0 Å². The summed E-state index contributed by atoms with van der Waals surface area (Å²) in [6.07, 6.45) is 2.54. The maximum Gasteiger partial charge on any atom is 0.294 e. The van der Waals surface area contributed by atoms with Crippen molar-refractivity contribution in [3.05, 3.63) is 76.7 Å². The lowest BCUT2D eigenvalue weighted by Crippen LogP contribution is -2.36. The van der Waals surface area contributed by atoms with E-state index in [1.807, 2.05) is 68.4 Å². The first kappa shape index (κ1) is 22.6. The standard InChI is InChI=1S/C26H24N2O4S/c1-3-14-32-22-13-12-18-9-5-6-10-19(18)20(22)15-23-25(30)28(26(31)33-23)16-24(29)27-21-11-7-4-8-17(21)2/h4-13,15H,3,14,16H2,1-2H3,(H,27,29)/b23-15-. The van der Waals surface area contributed by atoms with Crippen LogP contribution in [0.5, 0.6) is 5.75 Å². The second-order valence-corrected chi connectivity index (χ2v) is 8.67. The highest BCUT2D eigenvalue weighted by molar-refractivity contribution is 8.18. The second kappa shape index (κ2) is 9.92. The van der Waals surface area contributed by atoms with Gasteiger partial charge < -0.3 is 10.1 Å². The molecule has 168 valence electrons. The Hall–Kier alpha value is -3.58. The number of anilines is 1. The van der Waals surface area contributed by atoms with Crippen LogP contribution in [0.4, 0.5) is 10.5 Å². The largest absolute Gasteiger partial charge is 0.493 e. The highest BCUT2D eigenvalue weighted by Gasteiger charge is 2.36. The number of hydrogen-bond acceptors (Lipinski definition) is 5. The number of para-hydroxylation sites is 1. The number of ether oxygens (including phenoxy) is 1. The summed E-state index contributed by atoms with van der Waals surface area (Å²) in [5.74, 6) is -0.260. The SMILES string of the molecule is CCCOc1ccc2ccccc2c1/C=C1\SC(=O)N(CC(=O)Nc2ccccc2C)C1=O. The Morgan fingerprint density at radius 1 is 1.06 bits per heavy atom. The van der Waals surface area contributed by atoms with Gasteiger partial charge in [-0.1, -0.05) is 55.5 Å². The molecule has 7 heteroatoms. The van der Waals surface area contributed by atoms with E-state index in [9.17, 15) is 14.4 Å². The topological polar surface area (TPSA) is 75.7 Å². The number of carbonyl (C=O) groups is 3. The fraction of sp³-hybridized carbons (Fsp3) is 0.192. The number of carbonyl (C=O) groups excluding carboxylic acids is 3. The van der Waals surface area contributed by atoms with E-state index in [1.54, 1.807) is 12.1 Å². The Labute approximate surface area is 196 Å². The fourth-order valence-electron chi connectivity index (χ4n) is 3.58. The van der Waals surface area contributed by atoms with Gasteiger partial charge in [-0.05, 0) is 59.7 Å². The zero-order valence-electron chi connectivity index (χ0n) is 18.5. The van der Waals surface area contributed by atoms with Gasteiger partial charge in [0.25, 0.3) is 11.1 Å². The quantitative estimate of drug-likeness (QED) is 0.464. The number of amides is 3. The first-order chi connectivity index (χ1) is 16.0. The minimum Gasteiger partial charge on any atom is -0.493 e. The molecule has 0 aliphatic carbocycles. The van der Waals surface area contributed by atoms with Crippen LogP contribution >= 0.6 is 11.8 Å². The highest BCUT2D eigenvalue weighted by Crippen LogP contribution is 2.36. The van der Waals surface area contributed by atoms with E-state index in [1.165, 1.54) is 0 Å². The Morgan fingerprint density at radius 3 is 2.61 bits per heavy atom. The van der Waals surface area contributed by atoms with Crippen molar-refractivity contribution in [2.75, 3.05) is 18.5 Å². The molecule has 0 atom stereocenters. The van der Waals surface area contributed by atoms with E-state index in [-0.39, 0.29) is 11.4 Å². The lowest BCUT2D eigenvalue weighted by molar-refractivity contribution is -0.127. The molecule has 1 fully saturated rings. The Balaban J connectivity index is 1.60. The van der Waals surface area contributed by atoms with Crippen LogP contribution in [-0.4, -0.2) is 35.1 Å². The van der Waals surface area contributed by atoms with Gasteiger partial charge in [0, 0.05) is 11.3 Å². The van der Waals surface area contributed by atoms with Crippen molar-refractivity contribution in [1.82, 2.24) is 4.90 Å². The molecule has 1 N–H and O–H groups in total. The molecule has 3 aromatic rings. The molecule has 0 aromatic heterocycles. The number of fused-ring (bicyclic) bond motifs is 1. The summed E-state index contributed by atoms with van der Waals surface area (Å²) in [6.45, 7) is 4.10. The lowest BCUT2D eigenvalue weighted by Gasteiger charge is -2.14. The average molecular weight is 461 g/mol. The first-order valence-electron chi connectivity index (χ1n) is 10.7. The molecule has 1 aliphatic rings. The van der Waals surface area contributed by atoms with Gasteiger partial charge in [0.05, 0.1) is 11.5 Å². The molecule has 1 heterocycles. The van der Waals surface area contributed by atoms with E-state index in [0.29, 0.717) is 18.0 Å². The van der Waals surface area contributed by atoms with Gasteiger partial charge >= 0.3 is 0 Å². The van der Waals surface area contributed by atoms with Gasteiger partial charge in [-0.25, -0.2) is 0 Å². The first-order valence-corrected chi connectivity index (χ1v) is 11.5. The molecule has 3 aromatic carbocycles. The maximum atomic E-state index is 13.0. The van der Waals surface area contributed by atoms with Crippen molar-refractivity contribution < 1.29 is 19.1 Å². The van der Waals surface area contributed by atoms with Gasteiger partial charge in [-0.3, -0.25) is 19.3 Å². The van der Waals surface area contributed by atoms with E-state index in [0.717, 1.165) is 45.0 Å². The van der Waals surface area contributed by atoms with Crippen LogP contribution in [0, 0.1) is 6.92 Å². The third kappa shape index (κ3) is 4.93. The van der Waals surface area contributed by atoms with E-state index >= 15 is 0 Å². The third-order valence-corrected chi connectivity index (χ3v) is 6.17. The smallest absolute Gasteiger partial charge is 0.294 e. The van der Waals surface area contributed by atoms with Crippen molar-refractivity contribution in [2.24, 2.45) is 0 Å². The molecular formula is C26H24N2O4S. The predicted molar refractivity (Wildman–Crippen MR) is 132 cm³/mol. The van der Waals surface area contributed by atoms with Crippen LogP contribution in [0.2, 0.25) is 0 Å².